The third-order valence-corrected chi connectivity index (χ3v) is 3.25. The fraction of sp³-hybridized carbons (Fsp3) is 0.769. The number of ether oxygens (including phenoxy) is 1. The third kappa shape index (κ3) is 8.55. The second-order valence-electron chi connectivity index (χ2n) is 4.91. The van der Waals surface area contributed by atoms with E-state index in [1.54, 1.807) is 7.11 Å². The quantitative estimate of drug-likeness (QED) is 0.415. The highest BCUT2D eigenvalue weighted by molar-refractivity contribution is 6.27. The molecule has 0 spiro atoms. The number of piperazine rings is 1. The first-order valence-electron chi connectivity index (χ1n) is 6.95. The van der Waals surface area contributed by atoms with E-state index in [9.17, 15) is 4.79 Å². The molecule has 1 aliphatic heterocycles. The van der Waals surface area contributed by atoms with E-state index >= 15 is 0 Å². The molecule has 1 saturated heterocycles. The standard InChI is InChI=1S/C11H23N3O2.C2H2O4/c1-10(11(15)12-4-9-16-3)14-7-5-13(2)6-8-14;3-1(4)2(5)6/h10H,4-9H2,1-3H3,(H,12,15);(H,3,4)(H,5,6). The molecule has 22 heavy (non-hydrogen) atoms. The van der Waals surface area contributed by atoms with Crippen LogP contribution in [-0.4, -0.2) is 97.4 Å². The summed E-state index contributed by atoms with van der Waals surface area (Å²) in [5.41, 5.74) is 0. The first kappa shape index (κ1) is 20.3. The second-order valence-corrected chi connectivity index (χ2v) is 4.91. The molecule has 9 nitrogen and oxygen atoms in total. The minimum absolute atomic E-state index is 0.0365. The van der Waals surface area contributed by atoms with Gasteiger partial charge in [0.15, 0.2) is 0 Å². The largest absolute Gasteiger partial charge is 0.473 e. The van der Waals surface area contributed by atoms with Crippen LogP contribution >= 0.6 is 0 Å². The average molecular weight is 319 g/mol. The number of methoxy groups -OCH3 is 1. The lowest BCUT2D eigenvalue weighted by Crippen LogP contribution is -2.53. The maximum atomic E-state index is 11.8. The topological polar surface area (TPSA) is 119 Å². The smallest absolute Gasteiger partial charge is 0.414 e. The van der Waals surface area contributed by atoms with Crippen molar-refractivity contribution in [2.45, 2.75) is 13.0 Å². The third-order valence-electron chi connectivity index (χ3n) is 3.25. The Labute approximate surface area is 129 Å². The van der Waals surface area contributed by atoms with Crippen molar-refractivity contribution in [2.75, 3.05) is 53.5 Å². The molecule has 0 aromatic carbocycles. The van der Waals surface area contributed by atoms with Crippen molar-refractivity contribution in [3.8, 4) is 0 Å². The molecule has 0 aromatic heterocycles. The van der Waals surface area contributed by atoms with Crippen molar-refractivity contribution in [3.05, 3.63) is 0 Å². The molecule has 1 rings (SSSR count). The van der Waals surface area contributed by atoms with Crippen molar-refractivity contribution in [2.24, 2.45) is 0 Å². The Kier molecular flexibility index (Phi) is 10.1. The van der Waals surface area contributed by atoms with Crippen LogP contribution in [0.4, 0.5) is 0 Å². The highest BCUT2D eigenvalue weighted by Crippen LogP contribution is 2.04. The van der Waals surface area contributed by atoms with Crippen LogP contribution in [0.15, 0.2) is 0 Å². The minimum atomic E-state index is -1.82. The Morgan fingerprint density at radius 2 is 1.64 bits per heavy atom. The average Bonchev–Trinajstić information content (AvgIpc) is 2.48. The molecule has 0 aromatic rings. The fourth-order valence-corrected chi connectivity index (χ4v) is 1.80. The van der Waals surface area contributed by atoms with Crippen molar-refractivity contribution >= 4 is 17.8 Å². The zero-order valence-corrected chi connectivity index (χ0v) is 13.2. The van der Waals surface area contributed by atoms with Crippen LogP contribution < -0.4 is 5.32 Å². The number of carboxylic acids is 2. The number of carbonyl (C=O) groups is 3. The molecular weight excluding hydrogens is 294 g/mol. The van der Waals surface area contributed by atoms with Gasteiger partial charge in [-0.25, -0.2) is 9.59 Å². The van der Waals surface area contributed by atoms with Gasteiger partial charge in [0.25, 0.3) is 0 Å². The number of aliphatic carboxylic acids is 2. The molecule has 0 radical (unpaired) electrons. The highest BCUT2D eigenvalue weighted by atomic mass is 16.5. The Morgan fingerprint density at radius 1 is 1.14 bits per heavy atom. The summed E-state index contributed by atoms with van der Waals surface area (Å²) in [6, 6.07) is -0.0365. The number of carboxylic acid groups (broad SMARTS) is 2. The summed E-state index contributed by atoms with van der Waals surface area (Å²) in [6.07, 6.45) is 0. The Balaban J connectivity index is 0.000000626. The van der Waals surface area contributed by atoms with E-state index in [1.165, 1.54) is 0 Å². The monoisotopic (exact) mass is 319 g/mol. The van der Waals surface area contributed by atoms with Crippen LogP contribution in [0, 0.1) is 0 Å². The van der Waals surface area contributed by atoms with E-state index in [0.717, 1.165) is 26.2 Å². The molecule has 1 amide bonds. The van der Waals surface area contributed by atoms with Crippen LogP contribution in [0.25, 0.3) is 0 Å². The zero-order valence-electron chi connectivity index (χ0n) is 13.2. The Morgan fingerprint density at radius 3 is 2.05 bits per heavy atom. The number of likely N-dealkylation sites (N-methyl/N-ethyl adjacent to an activating group) is 1. The van der Waals surface area contributed by atoms with Crippen molar-refractivity contribution in [3.63, 3.8) is 0 Å². The molecule has 3 N–H and O–H groups in total. The summed E-state index contributed by atoms with van der Waals surface area (Å²) in [4.78, 5) is 34.5. The lowest BCUT2D eigenvalue weighted by molar-refractivity contribution is -0.159. The number of amides is 1. The van der Waals surface area contributed by atoms with E-state index in [4.69, 9.17) is 24.5 Å². The maximum absolute atomic E-state index is 11.8. The molecule has 1 heterocycles. The molecule has 1 aliphatic rings. The van der Waals surface area contributed by atoms with E-state index < -0.39 is 11.9 Å². The van der Waals surface area contributed by atoms with Crippen LogP contribution in [0.2, 0.25) is 0 Å². The first-order chi connectivity index (χ1) is 10.3. The van der Waals surface area contributed by atoms with Gasteiger partial charge >= 0.3 is 11.9 Å². The van der Waals surface area contributed by atoms with Crippen LogP contribution in [-0.2, 0) is 19.1 Å². The molecule has 1 atom stereocenters. The molecular formula is C13H25N3O6. The second kappa shape index (κ2) is 10.9. The number of rotatable bonds is 5. The lowest BCUT2D eigenvalue weighted by atomic mass is 10.2. The molecule has 0 bridgehead atoms. The molecule has 1 fully saturated rings. The SMILES string of the molecule is COCCNC(=O)C(C)N1CCN(C)CC1.O=C(O)C(=O)O. The van der Waals surface area contributed by atoms with Gasteiger partial charge in [-0.1, -0.05) is 0 Å². The molecule has 1 unspecified atom stereocenters. The molecule has 9 heteroatoms. The predicted molar refractivity (Wildman–Crippen MR) is 78.7 cm³/mol. The maximum Gasteiger partial charge on any atom is 0.414 e. The van der Waals surface area contributed by atoms with Gasteiger partial charge < -0.3 is 25.2 Å². The summed E-state index contributed by atoms with van der Waals surface area (Å²) < 4.78 is 4.90. The summed E-state index contributed by atoms with van der Waals surface area (Å²) >= 11 is 0. The number of nitrogens with zero attached hydrogens (tertiary/aromatic N) is 2. The Hall–Kier alpha value is -1.71. The highest BCUT2D eigenvalue weighted by Gasteiger charge is 2.23. The minimum Gasteiger partial charge on any atom is -0.473 e. The molecule has 0 saturated carbocycles. The van der Waals surface area contributed by atoms with Crippen molar-refractivity contribution in [1.82, 2.24) is 15.1 Å². The van der Waals surface area contributed by atoms with Crippen LogP contribution in [0.1, 0.15) is 6.92 Å². The predicted octanol–water partition coefficient (Wildman–Crippen LogP) is -1.46. The number of hydrogen-bond donors (Lipinski definition) is 3. The normalized spacial score (nSPS) is 17.0. The number of carbonyl (C=O) groups excluding carboxylic acids is 1. The number of nitrogens with one attached hydrogen (secondary N) is 1. The van der Waals surface area contributed by atoms with Crippen LogP contribution in [0.3, 0.4) is 0 Å². The fourth-order valence-electron chi connectivity index (χ4n) is 1.80. The van der Waals surface area contributed by atoms with Gasteiger partial charge in [0.2, 0.25) is 5.91 Å². The first-order valence-corrected chi connectivity index (χ1v) is 6.95. The number of hydrogen-bond acceptors (Lipinski definition) is 6. The summed E-state index contributed by atoms with van der Waals surface area (Å²) in [5.74, 6) is -3.55. The van der Waals surface area contributed by atoms with Gasteiger partial charge in [-0.05, 0) is 14.0 Å². The van der Waals surface area contributed by atoms with E-state index in [1.807, 2.05) is 6.92 Å². The van der Waals surface area contributed by atoms with Gasteiger partial charge in [-0.2, -0.15) is 0 Å². The summed E-state index contributed by atoms with van der Waals surface area (Å²) in [7, 11) is 3.75. The van der Waals surface area contributed by atoms with Gasteiger partial charge in [0.1, 0.15) is 0 Å². The lowest BCUT2D eigenvalue weighted by Gasteiger charge is -2.35. The molecule has 0 aliphatic carbocycles. The van der Waals surface area contributed by atoms with Gasteiger partial charge in [-0.3, -0.25) is 9.69 Å². The van der Waals surface area contributed by atoms with Crippen molar-refractivity contribution in [1.29, 1.82) is 0 Å². The van der Waals surface area contributed by atoms with Gasteiger partial charge in [-0.15, -0.1) is 0 Å². The molecule has 128 valence electrons. The Bertz CT molecular complexity index is 357. The summed E-state index contributed by atoms with van der Waals surface area (Å²) in [5, 5.41) is 17.7. The van der Waals surface area contributed by atoms with Crippen LogP contribution in [0.5, 0.6) is 0 Å². The summed E-state index contributed by atoms with van der Waals surface area (Å²) in [6.45, 7) is 7.14. The van der Waals surface area contributed by atoms with E-state index in [0.29, 0.717) is 13.2 Å². The van der Waals surface area contributed by atoms with E-state index in [2.05, 4.69) is 22.2 Å². The van der Waals surface area contributed by atoms with E-state index in [-0.39, 0.29) is 11.9 Å². The van der Waals surface area contributed by atoms with Crippen molar-refractivity contribution < 1.29 is 29.3 Å². The van der Waals surface area contributed by atoms with Gasteiger partial charge in [0, 0.05) is 39.8 Å². The zero-order chi connectivity index (χ0) is 17.1. The van der Waals surface area contributed by atoms with Gasteiger partial charge in [0.05, 0.1) is 12.6 Å².